The first-order valence-electron chi connectivity index (χ1n) is 9.62. The zero-order chi connectivity index (χ0) is 21.0. The molecule has 0 fully saturated rings. The minimum Gasteiger partial charge on any atom is -0.457 e. The van der Waals surface area contributed by atoms with Gasteiger partial charge < -0.3 is 4.74 Å². The Hall–Kier alpha value is -3.28. The second-order valence-corrected chi connectivity index (χ2v) is 7.27. The van der Waals surface area contributed by atoms with Gasteiger partial charge in [-0.3, -0.25) is 24.1 Å². The van der Waals surface area contributed by atoms with Crippen LogP contribution in [0.2, 0.25) is 0 Å². The van der Waals surface area contributed by atoms with E-state index < -0.39 is 5.97 Å². The zero-order valence-electron chi connectivity index (χ0n) is 16.5. The molecule has 150 valence electrons. The van der Waals surface area contributed by atoms with E-state index in [0.29, 0.717) is 22.6 Å². The van der Waals surface area contributed by atoms with Crippen molar-refractivity contribution in [1.82, 2.24) is 4.90 Å². The molecule has 2 aromatic rings. The lowest BCUT2D eigenvalue weighted by Crippen LogP contribution is -2.31. The molecule has 6 nitrogen and oxygen atoms in total. The molecule has 2 amide bonds. The molecule has 0 unspecified atom stereocenters. The topological polar surface area (TPSA) is 80.8 Å². The summed E-state index contributed by atoms with van der Waals surface area (Å²) in [5.74, 6) is -1.13. The molecule has 0 bridgehead atoms. The van der Waals surface area contributed by atoms with Gasteiger partial charge in [-0.1, -0.05) is 50.2 Å². The van der Waals surface area contributed by atoms with Crippen molar-refractivity contribution in [3.8, 4) is 0 Å². The summed E-state index contributed by atoms with van der Waals surface area (Å²) in [6.07, 6.45) is 0.300. The van der Waals surface area contributed by atoms with Crippen molar-refractivity contribution < 1.29 is 23.9 Å². The first-order valence-corrected chi connectivity index (χ1v) is 9.62. The lowest BCUT2D eigenvalue weighted by Gasteiger charge is -2.13. The molecule has 3 rings (SSSR count). The zero-order valence-corrected chi connectivity index (χ0v) is 16.5. The molecule has 2 aromatic carbocycles. The molecule has 29 heavy (non-hydrogen) atoms. The summed E-state index contributed by atoms with van der Waals surface area (Å²) < 4.78 is 5.04. The minimum atomic E-state index is -0.534. The maximum absolute atomic E-state index is 12.3. The smallest absolute Gasteiger partial charge is 0.306 e. The summed E-state index contributed by atoms with van der Waals surface area (Å²) in [6.45, 7) is 3.94. The summed E-state index contributed by atoms with van der Waals surface area (Å²) in [6, 6.07) is 13.9. The molecular weight excluding hydrogens is 370 g/mol. The Labute approximate surface area is 169 Å². The molecule has 1 aliphatic heterocycles. The van der Waals surface area contributed by atoms with Crippen LogP contribution in [-0.2, 0) is 9.53 Å². The molecular formula is C23H23NO5. The van der Waals surface area contributed by atoms with Crippen LogP contribution in [0.4, 0.5) is 0 Å². The highest BCUT2D eigenvalue weighted by Gasteiger charge is 2.34. The van der Waals surface area contributed by atoms with Gasteiger partial charge in [0.2, 0.25) is 0 Å². The quantitative estimate of drug-likeness (QED) is 0.389. The maximum Gasteiger partial charge on any atom is 0.306 e. The van der Waals surface area contributed by atoms with Gasteiger partial charge in [0, 0.05) is 18.5 Å². The van der Waals surface area contributed by atoms with Crippen molar-refractivity contribution >= 4 is 23.6 Å². The minimum absolute atomic E-state index is 0.0208. The molecule has 0 atom stereocenters. The fourth-order valence-electron chi connectivity index (χ4n) is 3.18. The molecule has 0 aliphatic carbocycles. The van der Waals surface area contributed by atoms with Crippen LogP contribution in [0.15, 0.2) is 48.5 Å². The van der Waals surface area contributed by atoms with Crippen LogP contribution in [0, 0.1) is 0 Å². The van der Waals surface area contributed by atoms with Gasteiger partial charge in [0.25, 0.3) is 11.8 Å². The average Bonchev–Trinajstić information content (AvgIpc) is 2.97. The second-order valence-electron chi connectivity index (χ2n) is 7.27. The van der Waals surface area contributed by atoms with Gasteiger partial charge >= 0.3 is 5.97 Å². The van der Waals surface area contributed by atoms with Crippen molar-refractivity contribution in [2.24, 2.45) is 0 Å². The van der Waals surface area contributed by atoms with Gasteiger partial charge in [-0.15, -0.1) is 0 Å². The first kappa shape index (κ1) is 20.5. The summed E-state index contributed by atoms with van der Waals surface area (Å²) in [4.78, 5) is 49.7. The molecule has 6 heteroatoms. The van der Waals surface area contributed by atoms with Gasteiger partial charge in [-0.05, 0) is 30.0 Å². The Bertz CT molecular complexity index is 911. The molecule has 0 saturated heterocycles. The third kappa shape index (κ3) is 4.59. The summed E-state index contributed by atoms with van der Waals surface area (Å²) in [7, 11) is 0. The number of benzene rings is 2. The van der Waals surface area contributed by atoms with E-state index in [9.17, 15) is 19.2 Å². The maximum atomic E-state index is 12.3. The van der Waals surface area contributed by atoms with Crippen molar-refractivity contribution in [2.75, 3.05) is 13.2 Å². The normalized spacial score (nSPS) is 13.0. The highest BCUT2D eigenvalue weighted by Crippen LogP contribution is 2.22. The summed E-state index contributed by atoms with van der Waals surface area (Å²) >= 11 is 0. The van der Waals surface area contributed by atoms with Crippen molar-refractivity contribution in [1.29, 1.82) is 0 Å². The number of carbonyl (C=O) groups is 4. The molecule has 0 spiro atoms. The van der Waals surface area contributed by atoms with E-state index >= 15 is 0 Å². The number of hydrogen-bond donors (Lipinski definition) is 0. The van der Waals surface area contributed by atoms with Gasteiger partial charge in [0.05, 0.1) is 11.1 Å². The van der Waals surface area contributed by atoms with Crippen LogP contribution in [0.3, 0.4) is 0 Å². The Morgan fingerprint density at radius 1 is 0.931 bits per heavy atom. The van der Waals surface area contributed by atoms with E-state index in [1.54, 1.807) is 36.4 Å². The van der Waals surface area contributed by atoms with Crippen LogP contribution < -0.4 is 0 Å². The molecule has 0 saturated carbocycles. The fourth-order valence-corrected chi connectivity index (χ4v) is 3.18. The number of nitrogens with zero attached hydrogens (tertiary/aromatic N) is 1. The Morgan fingerprint density at radius 3 is 2.07 bits per heavy atom. The van der Waals surface area contributed by atoms with Crippen molar-refractivity contribution in [3.63, 3.8) is 0 Å². The van der Waals surface area contributed by atoms with E-state index in [2.05, 4.69) is 13.8 Å². The van der Waals surface area contributed by atoms with Crippen LogP contribution in [0.1, 0.15) is 69.2 Å². The highest BCUT2D eigenvalue weighted by atomic mass is 16.5. The van der Waals surface area contributed by atoms with E-state index in [1.807, 2.05) is 12.1 Å². The lowest BCUT2D eigenvalue weighted by atomic mass is 10.0. The summed E-state index contributed by atoms with van der Waals surface area (Å²) in [5.41, 5.74) is 2.39. The van der Waals surface area contributed by atoms with Crippen LogP contribution in [0.25, 0.3) is 0 Å². The van der Waals surface area contributed by atoms with Gasteiger partial charge in [0.1, 0.15) is 0 Å². The summed E-state index contributed by atoms with van der Waals surface area (Å²) in [5, 5.41) is 0. The number of rotatable bonds is 8. The number of amides is 2. The van der Waals surface area contributed by atoms with Gasteiger partial charge in [-0.2, -0.15) is 0 Å². The number of esters is 1. The standard InChI is InChI=1S/C23H23NO5/c1-15(2)16-9-11-17(12-10-16)20(25)14-29-21(26)8-5-13-24-22(27)18-6-3-4-7-19(18)23(24)28/h3-4,6-7,9-12,15H,5,8,13-14H2,1-2H3. The molecule has 0 N–H and O–H groups in total. The Morgan fingerprint density at radius 2 is 1.52 bits per heavy atom. The van der Waals surface area contributed by atoms with E-state index in [0.717, 1.165) is 10.5 Å². The number of hydrogen-bond acceptors (Lipinski definition) is 5. The first-order chi connectivity index (χ1) is 13.9. The van der Waals surface area contributed by atoms with E-state index in [1.165, 1.54) is 0 Å². The number of fused-ring (bicyclic) bond motifs is 1. The van der Waals surface area contributed by atoms with E-state index in [4.69, 9.17) is 4.74 Å². The third-order valence-corrected chi connectivity index (χ3v) is 4.90. The fraction of sp³-hybridized carbons (Fsp3) is 0.304. The SMILES string of the molecule is CC(C)c1ccc(C(=O)COC(=O)CCCN2C(=O)c3ccccc3C2=O)cc1. The second kappa shape index (κ2) is 8.82. The number of imide groups is 1. The molecule has 0 aromatic heterocycles. The van der Waals surface area contributed by atoms with Crippen LogP contribution in [-0.4, -0.2) is 41.6 Å². The van der Waals surface area contributed by atoms with Crippen LogP contribution in [0.5, 0.6) is 0 Å². The Balaban J connectivity index is 1.43. The van der Waals surface area contributed by atoms with Crippen molar-refractivity contribution in [3.05, 3.63) is 70.8 Å². The number of ether oxygens (including phenoxy) is 1. The van der Waals surface area contributed by atoms with Crippen molar-refractivity contribution in [2.45, 2.75) is 32.6 Å². The van der Waals surface area contributed by atoms with E-state index in [-0.39, 0.29) is 43.6 Å². The number of carbonyl (C=O) groups excluding carboxylic acids is 4. The molecule has 0 radical (unpaired) electrons. The monoisotopic (exact) mass is 393 g/mol. The predicted octanol–water partition coefficient (Wildman–Crippen LogP) is 3.61. The van der Waals surface area contributed by atoms with Crippen LogP contribution >= 0.6 is 0 Å². The van der Waals surface area contributed by atoms with Gasteiger partial charge in [-0.25, -0.2) is 0 Å². The number of ketones is 1. The number of Topliss-reactive ketones (excluding diaryl/α,β-unsaturated/α-hetero) is 1. The predicted molar refractivity (Wildman–Crippen MR) is 107 cm³/mol. The molecule has 1 heterocycles. The molecule has 1 aliphatic rings. The lowest BCUT2D eigenvalue weighted by molar-refractivity contribution is -0.142. The Kier molecular flexibility index (Phi) is 6.22. The van der Waals surface area contributed by atoms with Gasteiger partial charge in [0.15, 0.2) is 12.4 Å². The largest absolute Gasteiger partial charge is 0.457 e. The third-order valence-electron chi connectivity index (χ3n) is 4.90. The highest BCUT2D eigenvalue weighted by molar-refractivity contribution is 6.21. The average molecular weight is 393 g/mol.